The largest absolute Gasteiger partial charge is 0.379 e. The van der Waals surface area contributed by atoms with Crippen molar-refractivity contribution in [3.63, 3.8) is 0 Å². The Bertz CT molecular complexity index is 460. The first kappa shape index (κ1) is 17.7. The first-order valence-corrected chi connectivity index (χ1v) is 9.45. The minimum absolute atomic E-state index is 0.717. The van der Waals surface area contributed by atoms with Crippen LogP contribution in [0.1, 0.15) is 18.2 Å². The maximum Gasteiger partial charge on any atom is 0.191 e. The molecule has 1 fully saturated rings. The molecule has 1 aromatic heterocycles. The minimum Gasteiger partial charge on any atom is -0.379 e. The zero-order valence-electron chi connectivity index (χ0n) is 13.1. The Hall–Kier alpha value is -0.630. The van der Waals surface area contributed by atoms with Crippen LogP contribution in [0.2, 0.25) is 0 Å². The Balaban J connectivity index is 1.68. The Labute approximate surface area is 145 Å². The highest BCUT2D eigenvalue weighted by Crippen LogP contribution is 2.22. The average Bonchev–Trinajstić information content (AvgIpc) is 2.95. The molecule has 1 aliphatic heterocycles. The highest BCUT2D eigenvalue weighted by Gasteiger charge is 2.09. The quantitative estimate of drug-likeness (QED) is 0.427. The lowest BCUT2D eigenvalue weighted by Crippen LogP contribution is -2.40. The van der Waals surface area contributed by atoms with Gasteiger partial charge in [-0.05, 0) is 48.0 Å². The summed E-state index contributed by atoms with van der Waals surface area (Å²) in [4.78, 5) is 8.35. The van der Waals surface area contributed by atoms with Crippen molar-refractivity contribution in [1.82, 2.24) is 15.5 Å². The summed E-state index contributed by atoms with van der Waals surface area (Å²) < 4.78 is 6.52. The molecule has 1 saturated heterocycles. The molecular formula is C15H25BrN4OS. The summed E-state index contributed by atoms with van der Waals surface area (Å²) in [5, 5.41) is 6.71. The summed E-state index contributed by atoms with van der Waals surface area (Å²) >= 11 is 5.21. The molecule has 22 heavy (non-hydrogen) atoms. The van der Waals surface area contributed by atoms with E-state index in [-0.39, 0.29) is 0 Å². The van der Waals surface area contributed by atoms with Gasteiger partial charge in [-0.3, -0.25) is 4.90 Å². The number of ether oxygens (including phenoxy) is 1. The van der Waals surface area contributed by atoms with Crippen molar-refractivity contribution in [3.8, 4) is 0 Å². The van der Waals surface area contributed by atoms with Gasteiger partial charge in [-0.1, -0.05) is 0 Å². The number of hydrogen-bond acceptors (Lipinski definition) is 4. The normalized spacial score (nSPS) is 16.7. The monoisotopic (exact) mass is 388 g/mol. The predicted molar refractivity (Wildman–Crippen MR) is 96.7 cm³/mol. The third kappa shape index (κ3) is 6.64. The van der Waals surface area contributed by atoms with Gasteiger partial charge in [0.05, 0.1) is 23.5 Å². The molecule has 7 heteroatoms. The lowest BCUT2D eigenvalue weighted by atomic mass is 10.3. The van der Waals surface area contributed by atoms with Gasteiger partial charge < -0.3 is 15.4 Å². The van der Waals surface area contributed by atoms with Gasteiger partial charge in [0.2, 0.25) is 0 Å². The maximum absolute atomic E-state index is 5.36. The van der Waals surface area contributed by atoms with Gasteiger partial charge in [-0.25, -0.2) is 4.99 Å². The fourth-order valence-corrected chi connectivity index (χ4v) is 3.68. The summed E-state index contributed by atoms with van der Waals surface area (Å²) in [5.41, 5.74) is 0. The standard InChI is InChI=1S/C15H25BrN4OS/c1-2-17-15(19-12-13-4-5-14(16)22-13)18-6-3-7-20-8-10-21-11-9-20/h4-5H,2-3,6-12H2,1H3,(H2,17,18,19). The predicted octanol–water partition coefficient (Wildman–Crippen LogP) is 2.29. The van der Waals surface area contributed by atoms with Gasteiger partial charge in [0.1, 0.15) is 0 Å². The molecule has 0 atom stereocenters. The van der Waals surface area contributed by atoms with Gasteiger partial charge in [-0.15, -0.1) is 11.3 Å². The maximum atomic E-state index is 5.36. The van der Waals surface area contributed by atoms with Gasteiger partial charge >= 0.3 is 0 Å². The van der Waals surface area contributed by atoms with Crippen molar-refractivity contribution in [3.05, 3.63) is 20.8 Å². The second-order valence-electron chi connectivity index (χ2n) is 5.14. The van der Waals surface area contributed by atoms with E-state index in [1.165, 1.54) is 4.88 Å². The number of rotatable bonds is 7. The third-order valence-corrected chi connectivity index (χ3v) is 5.02. The van der Waals surface area contributed by atoms with Crippen molar-refractivity contribution in [1.29, 1.82) is 0 Å². The van der Waals surface area contributed by atoms with Crippen LogP contribution in [0.3, 0.4) is 0 Å². The van der Waals surface area contributed by atoms with E-state index < -0.39 is 0 Å². The van der Waals surface area contributed by atoms with Gasteiger partial charge in [0.15, 0.2) is 5.96 Å². The molecule has 2 rings (SSSR count). The van der Waals surface area contributed by atoms with Gasteiger partial charge in [0, 0.05) is 31.1 Å². The van der Waals surface area contributed by atoms with E-state index >= 15 is 0 Å². The van der Waals surface area contributed by atoms with Crippen LogP contribution < -0.4 is 10.6 Å². The van der Waals surface area contributed by atoms with Crippen molar-refractivity contribution < 1.29 is 4.74 Å². The van der Waals surface area contributed by atoms with Crippen molar-refractivity contribution >= 4 is 33.2 Å². The van der Waals surface area contributed by atoms with E-state index in [1.54, 1.807) is 11.3 Å². The van der Waals surface area contributed by atoms with Crippen LogP contribution >= 0.6 is 27.3 Å². The fourth-order valence-electron chi connectivity index (χ4n) is 2.27. The SMILES string of the molecule is CCNC(=NCc1ccc(Br)s1)NCCCN1CCOCC1. The number of nitrogens with zero attached hydrogens (tertiary/aromatic N) is 2. The molecule has 5 nitrogen and oxygen atoms in total. The zero-order chi connectivity index (χ0) is 15.6. The zero-order valence-corrected chi connectivity index (χ0v) is 15.5. The number of morpholine rings is 1. The summed E-state index contributed by atoms with van der Waals surface area (Å²) in [6.45, 7) is 9.60. The fraction of sp³-hybridized carbons (Fsp3) is 0.667. The van der Waals surface area contributed by atoms with E-state index in [0.717, 1.165) is 68.6 Å². The highest BCUT2D eigenvalue weighted by atomic mass is 79.9. The first-order chi connectivity index (χ1) is 10.8. The molecule has 124 valence electrons. The number of guanidine groups is 1. The molecule has 0 unspecified atom stereocenters. The Morgan fingerprint density at radius 3 is 2.86 bits per heavy atom. The van der Waals surface area contributed by atoms with Crippen LogP contribution in [0.25, 0.3) is 0 Å². The molecule has 0 bridgehead atoms. The number of nitrogens with one attached hydrogen (secondary N) is 2. The molecule has 2 N–H and O–H groups in total. The third-order valence-electron chi connectivity index (χ3n) is 3.41. The van der Waals surface area contributed by atoms with Crippen LogP contribution in [0, 0.1) is 0 Å². The van der Waals surface area contributed by atoms with Crippen molar-refractivity contribution in [2.75, 3.05) is 45.9 Å². The van der Waals surface area contributed by atoms with E-state index in [2.05, 4.69) is 55.5 Å². The van der Waals surface area contributed by atoms with Gasteiger partial charge in [-0.2, -0.15) is 0 Å². The van der Waals surface area contributed by atoms with E-state index in [1.807, 2.05) is 0 Å². The Morgan fingerprint density at radius 1 is 1.36 bits per heavy atom. The van der Waals surface area contributed by atoms with E-state index in [4.69, 9.17) is 4.74 Å². The topological polar surface area (TPSA) is 48.9 Å². The van der Waals surface area contributed by atoms with Crippen molar-refractivity contribution in [2.45, 2.75) is 19.9 Å². The number of halogens is 1. The van der Waals surface area contributed by atoms with Gasteiger partial charge in [0.25, 0.3) is 0 Å². The van der Waals surface area contributed by atoms with Crippen LogP contribution in [0.4, 0.5) is 0 Å². The average molecular weight is 389 g/mol. The molecule has 0 aromatic carbocycles. The Kier molecular flexibility index (Phi) is 8.22. The van der Waals surface area contributed by atoms with E-state index in [9.17, 15) is 0 Å². The smallest absolute Gasteiger partial charge is 0.191 e. The van der Waals surface area contributed by atoms with Crippen molar-refractivity contribution in [2.24, 2.45) is 4.99 Å². The molecule has 0 radical (unpaired) electrons. The molecule has 1 aromatic rings. The second-order valence-corrected chi connectivity index (χ2v) is 7.68. The number of hydrogen-bond donors (Lipinski definition) is 2. The van der Waals surface area contributed by atoms with Crippen LogP contribution in [0.15, 0.2) is 20.9 Å². The molecule has 0 amide bonds. The highest BCUT2D eigenvalue weighted by molar-refractivity contribution is 9.11. The van der Waals surface area contributed by atoms with Crippen LogP contribution in [-0.4, -0.2) is 56.8 Å². The molecule has 0 saturated carbocycles. The molecule has 2 heterocycles. The van der Waals surface area contributed by atoms with Crippen LogP contribution in [-0.2, 0) is 11.3 Å². The molecule has 1 aliphatic rings. The molecular weight excluding hydrogens is 364 g/mol. The Morgan fingerprint density at radius 2 is 2.18 bits per heavy atom. The number of thiophene rings is 1. The second kappa shape index (κ2) is 10.2. The summed E-state index contributed by atoms with van der Waals surface area (Å²) in [6, 6.07) is 4.18. The molecule has 0 spiro atoms. The lowest BCUT2D eigenvalue weighted by molar-refractivity contribution is 0.0376. The van der Waals surface area contributed by atoms with Crippen LogP contribution in [0.5, 0.6) is 0 Å². The van der Waals surface area contributed by atoms with E-state index in [0.29, 0.717) is 0 Å². The lowest BCUT2D eigenvalue weighted by Gasteiger charge is -2.26. The summed E-state index contributed by atoms with van der Waals surface area (Å²) in [5.74, 6) is 0.897. The number of aliphatic imine (C=N–C) groups is 1. The summed E-state index contributed by atoms with van der Waals surface area (Å²) in [7, 11) is 0. The summed E-state index contributed by atoms with van der Waals surface area (Å²) in [6.07, 6.45) is 1.12. The molecule has 0 aliphatic carbocycles. The minimum atomic E-state index is 0.717. The first-order valence-electron chi connectivity index (χ1n) is 7.84.